The first kappa shape index (κ1) is 15.1. The van der Waals surface area contributed by atoms with E-state index in [4.69, 9.17) is 4.74 Å². The molecule has 0 amide bonds. The molecule has 2 nitrogen and oxygen atoms in total. The maximum absolute atomic E-state index is 5.11. The van der Waals surface area contributed by atoms with Gasteiger partial charge in [0.25, 0.3) is 0 Å². The lowest BCUT2D eigenvalue weighted by Gasteiger charge is -2.11. The van der Waals surface area contributed by atoms with Gasteiger partial charge in [0.05, 0.1) is 6.61 Å². The molecule has 0 atom stereocenters. The average molecular weight is 334 g/mol. The quantitative estimate of drug-likeness (QED) is 0.846. The molecule has 0 bridgehead atoms. The van der Waals surface area contributed by atoms with E-state index in [2.05, 4.69) is 71.5 Å². The number of aryl methyl sites for hydroxylation is 2. The molecule has 0 saturated carbocycles. The SMILES string of the molecule is COCc1ccc(CNc2cc(C)c(Br)c(C)c2)cc1. The van der Waals surface area contributed by atoms with Crippen molar-refractivity contribution in [2.75, 3.05) is 12.4 Å². The summed E-state index contributed by atoms with van der Waals surface area (Å²) in [6, 6.07) is 12.8. The van der Waals surface area contributed by atoms with Gasteiger partial charge in [-0.1, -0.05) is 40.2 Å². The van der Waals surface area contributed by atoms with Crippen molar-refractivity contribution in [3.63, 3.8) is 0 Å². The van der Waals surface area contributed by atoms with Crippen LogP contribution in [0.2, 0.25) is 0 Å². The molecule has 2 aromatic rings. The van der Waals surface area contributed by atoms with Gasteiger partial charge in [0.15, 0.2) is 0 Å². The van der Waals surface area contributed by atoms with Crippen LogP contribution in [0.25, 0.3) is 0 Å². The van der Waals surface area contributed by atoms with E-state index in [-0.39, 0.29) is 0 Å². The number of halogens is 1. The Labute approximate surface area is 129 Å². The Morgan fingerprint density at radius 2 is 1.55 bits per heavy atom. The third kappa shape index (κ3) is 3.84. The molecule has 2 aromatic carbocycles. The highest BCUT2D eigenvalue weighted by Gasteiger charge is 2.02. The van der Waals surface area contributed by atoms with Crippen LogP contribution in [0.1, 0.15) is 22.3 Å². The minimum absolute atomic E-state index is 0.665. The molecular weight excluding hydrogens is 314 g/mol. The van der Waals surface area contributed by atoms with E-state index in [0.29, 0.717) is 6.61 Å². The summed E-state index contributed by atoms with van der Waals surface area (Å²) >= 11 is 3.59. The zero-order valence-corrected chi connectivity index (χ0v) is 13.8. The average Bonchev–Trinajstić information content (AvgIpc) is 2.44. The van der Waals surface area contributed by atoms with Crippen molar-refractivity contribution < 1.29 is 4.74 Å². The maximum Gasteiger partial charge on any atom is 0.0713 e. The molecule has 0 heterocycles. The molecule has 0 fully saturated rings. The first-order chi connectivity index (χ1) is 9.60. The van der Waals surface area contributed by atoms with Crippen molar-refractivity contribution in [1.29, 1.82) is 0 Å². The minimum Gasteiger partial charge on any atom is -0.381 e. The molecule has 0 aliphatic carbocycles. The summed E-state index contributed by atoms with van der Waals surface area (Å²) in [6.07, 6.45) is 0. The molecule has 3 heteroatoms. The number of hydrogen-bond acceptors (Lipinski definition) is 2. The van der Waals surface area contributed by atoms with Crippen LogP contribution in [0.3, 0.4) is 0 Å². The van der Waals surface area contributed by atoms with Crippen molar-refractivity contribution in [2.24, 2.45) is 0 Å². The molecule has 0 saturated heterocycles. The van der Waals surface area contributed by atoms with Gasteiger partial charge in [-0.05, 0) is 48.2 Å². The van der Waals surface area contributed by atoms with Crippen molar-refractivity contribution >= 4 is 21.6 Å². The summed E-state index contributed by atoms with van der Waals surface area (Å²) in [5, 5.41) is 3.47. The van der Waals surface area contributed by atoms with Gasteiger partial charge in [-0.25, -0.2) is 0 Å². The van der Waals surface area contributed by atoms with Crippen LogP contribution in [0.4, 0.5) is 5.69 Å². The van der Waals surface area contributed by atoms with E-state index in [1.165, 1.54) is 26.7 Å². The van der Waals surface area contributed by atoms with Crippen LogP contribution in [-0.2, 0) is 17.9 Å². The smallest absolute Gasteiger partial charge is 0.0713 e. The standard InChI is InChI=1S/C17H20BrNO/c1-12-8-16(9-13(2)17(12)18)19-10-14-4-6-15(7-5-14)11-20-3/h4-9,19H,10-11H2,1-3H3. The lowest BCUT2D eigenvalue weighted by molar-refractivity contribution is 0.185. The fourth-order valence-electron chi connectivity index (χ4n) is 2.17. The van der Waals surface area contributed by atoms with Crippen LogP contribution >= 0.6 is 15.9 Å². The second-order valence-corrected chi connectivity index (χ2v) is 5.82. The van der Waals surface area contributed by atoms with Crippen molar-refractivity contribution in [2.45, 2.75) is 27.0 Å². The lowest BCUT2D eigenvalue weighted by Crippen LogP contribution is -2.00. The van der Waals surface area contributed by atoms with E-state index < -0.39 is 0 Å². The number of nitrogens with one attached hydrogen (secondary N) is 1. The molecule has 20 heavy (non-hydrogen) atoms. The normalized spacial score (nSPS) is 10.6. The molecule has 0 radical (unpaired) electrons. The van der Waals surface area contributed by atoms with Crippen LogP contribution in [0, 0.1) is 13.8 Å². The fraction of sp³-hybridized carbons (Fsp3) is 0.294. The number of ether oxygens (including phenoxy) is 1. The highest BCUT2D eigenvalue weighted by atomic mass is 79.9. The highest BCUT2D eigenvalue weighted by Crippen LogP contribution is 2.25. The van der Waals surface area contributed by atoms with E-state index >= 15 is 0 Å². The Kier molecular flexibility index (Phi) is 5.21. The predicted molar refractivity (Wildman–Crippen MR) is 88.1 cm³/mol. The Hall–Kier alpha value is -1.32. The molecule has 0 spiro atoms. The number of anilines is 1. The van der Waals surface area contributed by atoms with Gasteiger partial charge in [-0.3, -0.25) is 0 Å². The van der Waals surface area contributed by atoms with Gasteiger partial charge in [0, 0.05) is 23.8 Å². The number of hydrogen-bond donors (Lipinski definition) is 1. The molecule has 106 valence electrons. The van der Waals surface area contributed by atoms with Crippen molar-refractivity contribution in [1.82, 2.24) is 0 Å². The van der Waals surface area contributed by atoms with Gasteiger partial charge in [0.1, 0.15) is 0 Å². The third-order valence-electron chi connectivity index (χ3n) is 3.27. The van der Waals surface area contributed by atoms with E-state index in [1.807, 2.05) is 0 Å². The first-order valence-corrected chi connectivity index (χ1v) is 7.47. The zero-order chi connectivity index (χ0) is 14.5. The molecular formula is C17H20BrNO. The van der Waals surface area contributed by atoms with Gasteiger partial charge >= 0.3 is 0 Å². The van der Waals surface area contributed by atoms with Gasteiger partial charge in [-0.15, -0.1) is 0 Å². The first-order valence-electron chi connectivity index (χ1n) is 6.67. The fourth-order valence-corrected chi connectivity index (χ4v) is 2.40. The van der Waals surface area contributed by atoms with Crippen LogP contribution in [0.15, 0.2) is 40.9 Å². The molecule has 0 aromatic heterocycles. The summed E-state index contributed by atoms with van der Waals surface area (Å²) in [5.41, 5.74) is 6.13. The minimum atomic E-state index is 0.665. The molecule has 0 unspecified atom stereocenters. The molecule has 2 rings (SSSR count). The summed E-state index contributed by atoms with van der Waals surface area (Å²) < 4.78 is 6.30. The van der Waals surface area contributed by atoms with Crippen LogP contribution in [0.5, 0.6) is 0 Å². The third-order valence-corrected chi connectivity index (χ3v) is 4.52. The second kappa shape index (κ2) is 6.91. The number of rotatable bonds is 5. The lowest BCUT2D eigenvalue weighted by atomic mass is 10.1. The van der Waals surface area contributed by atoms with Crippen LogP contribution < -0.4 is 5.32 Å². The van der Waals surface area contributed by atoms with Gasteiger partial charge in [-0.2, -0.15) is 0 Å². The van der Waals surface area contributed by atoms with E-state index in [1.54, 1.807) is 7.11 Å². The Morgan fingerprint density at radius 3 is 2.10 bits per heavy atom. The van der Waals surface area contributed by atoms with E-state index in [9.17, 15) is 0 Å². The monoisotopic (exact) mass is 333 g/mol. The van der Waals surface area contributed by atoms with Crippen LogP contribution in [-0.4, -0.2) is 7.11 Å². The molecule has 0 aliphatic heterocycles. The number of methoxy groups -OCH3 is 1. The summed E-state index contributed by atoms with van der Waals surface area (Å²) in [6.45, 7) is 5.72. The Morgan fingerprint density at radius 1 is 1.00 bits per heavy atom. The molecule has 1 N–H and O–H groups in total. The largest absolute Gasteiger partial charge is 0.381 e. The van der Waals surface area contributed by atoms with Gasteiger partial charge in [0.2, 0.25) is 0 Å². The Balaban J connectivity index is 2.01. The van der Waals surface area contributed by atoms with Crippen molar-refractivity contribution in [3.05, 3.63) is 63.1 Å². The summed E-state index contributed by atoms with van der Waals surface area (Å²) in [7, 11) is 1.72. The summed E-state index contributed by atoms with van der Waals surface area (Å²) in [5.74, 6) is 0. The molecule has 0 aliphatic rings. The predicted octanol–water partition coefficient (Wildman–Crippen LogP) is 4.82. The van der Waals surface area contributed by atoms with E-state index in [0.717, 1.165) is 12.2 Å². The van der Waals surface area contributed by atoms with Crippen molar-refractivity contribution in [3.8, 4) is 0 Å². The summed E-state index contributed by atoms with van der Waals surface area (Å²) in [4.78, 5) is 0. The van der Waals surface area contributed by atoms with Gasteiger partial charge < -0.3 is 10.1 Å². The second-order valence-electron chi connectivity index (χ2n) is 5.03. The zero-order valence-electron chi connectivity index (χ0n) is 12.2. The topological polar surface area (TPSA) is 21.3 Å². The number of benzene rings is 2. The Bertz CT molecular complexity index is 555. The maximum atomic E-state index is 5.11. The highest BCUT2D eigenvalue weighted by molar-refractivity contribution is 9.10.